The van der Waals surface area contributed by atoms with E-state index in [9.17, 15) is 0 Å². The van der Waals surface area contributed by atoms with Crippen LogP contribution in [-0.4, -0.2) is 13.1 Å². The van der Waals surface area contributed by atoms with Crippen LogP contribution in [0.2, 0.25) is 0 Å². The Hall–Kier alpha value is -1.26. The molecule has 1 nitrogen and oxygen atoms in total. The monoisotopic (exact) mass is 245 g/mol. The molecule has 0 aromatic heterocycles. The van der Waals surface area contributed by atoms with E-state index in [1.54, 1.807) is 0 Å². The Kier molecular flexibility index (Phi) is 12.8. The Morgan fingerprint density at radius 1 is 1.00 bits per heavy atom. The van der Waals surface area contributed by atoms with E-state index in [-0.39, 0.29) is 0 Å². The first-order valence-electron chi connectivity index (χ1n) is 7.01. The molecule has 0 amide bonds. The first-order chi connectivity index (χ1) is 8.93. The minimum atomic E-state index is 1.24. The lowest BCUT2D eigenvalue weighted by Gasteiger charge is -1.98. The van der Waals surface area contributed by atoms with Gasteiger partial charge in [0.15, 0.2) is 0 Å². The molecule has 0 spiro atoms. The zero-order valence-corrected chi connectivity index (χ0v) is 11.7. The Labute approximate surface area is 113 Å². The fourth-order valence-corrected chi connectivity index (χ4v) is 1.85. The quantitative estimate of drug-likeness (QED) is 0.623. The van der Waals surface area contributed by atoms with Crippen molar-refractivity contribution in [2.45, 2.75) is 45.4 Å². The molecular formula is C17H27N. The van der Waals surface area contributed by atoms with Crippen LogP contribution in [0.3, 0.4) is 0 Å². The van der Waals surface area contributed by atoms with Crippen LogP contribution in [0.1, 0.15) is 44.6 Å². The molecule has 100 valence electrons. The van der Waals surface area contributed by atoms with Crippen molar-refractivity contribution < 1.29 is 0 Å². The molecule has 1 saturated heterocycles. The normalized spacial score (nSPS) is 12.8. The molecule has 1 aromatic carbocycles. The predicted octanol–water partition coefficient (Wildman–Crippen LogP) is 4.04. The number of aryl methyl sites for hydroxylation is 1. The van der Waals surface area contributed by atoms with Gasteiger partial charge in [-0.1, -0.05) is 50.1 Å². The van der Waals surface area contributed by atoms with Crippen molar-refractivity contribution in [1.29, 1.82) is 0 Å². The zero-order chi connectivity index (χ0) is 13.5. The second-order valence-corrected chi connectivity index (χ2v) is 4.40. The Morgan fingerprint density at radius 3 is 2.06 bits per heavy atom. The lowest BCUT2D eigenvalue weighted by molar-refractivity contribution is 0.717. The summed E-state index contributed by atoms with van der Waals surface area (Å²) in [6, 6.07) is 10.7. The van der Waals surface area contributed by atoms with Gasteiger partial charge >= 0.3 is 0 Å². The number of nitrogens with one attached hydrogen (secondary N) is 1. The van der Waals surface area contributed by atoms with E-state index in [0.717, 1.165) is 0 Å². The van der Waals surface area contributed by atoms with E-state index in [1.807, 2.05) is 0 Å². The zero-order valence-electron chi connectivity index (χ0n) is 11.7. The average Bonchev–Trinajstić information content (AvgIpc) is 3.02. The van der Waals surface area contributed by atoms with Crippen molar-refractivity contribution >= 4 is 0 Å². The summed E-state index contributed by atoms with van der Waals surface area (Å²) in [5.41, 5.74) is 1.47. The topological polar surface area (TPSA) is 12.0 Å². The summed E-state index contributed by atoms with van der Waals surface area (Å²) >= 11 is 0. The molecule has 1 fully saturated rings. The molecule has 0 atom stereocenters. The van der Waals surface area contributed by atoms with Gasteiger partial charge in [-0.3, -0.25) is 0 Å². The summed E-state index contributed by atoms with van der Waals surface area (Å²) in [6.45, 7) is 4.74. The summed E-state index contributed by atoms with van der Waals surface area (Å²) in [5.74, 6) is 0. The second-order valence-electron chi connectivity index (χ2n) is 4.40. The molecule has 1 aliphatic heterocycles. The Bertz CT molecular complexity index is 265. The van der Waals surface area contributed by atoms with E-state index in [4.69, 9.17) is 0 Å². The maximum absolute atomic E-state index is 4.00. The standard InChI is InChI=1S/C11H16.C4H9N.C2H2/c1-2-3-5-8-11-9-6-4-7-10-11;1-2-4-5-3-1;1-2/h4,6-7,9-10H,2-3,5,8H2,1H3;5H,1-4H2;1-2H. The van der Waals surface area contributed by atoms with Gasteiger partial charge in [-0.05, 0) is 44.3 Å². The van der Waals surface area contributed by atoms with Crippen LogP contribution < -0.4 is 5.32 Å². The first kappa shape index (κ1) is 16.7. The summed E-state index contributed by atoms with van der Waals surface area (Å²) < 4.78 is 0. The van der Waals surface area contributed by atoms with Gasteiger partial charge in [0.05, 0.1) is 0 Å². The summed E-state index contributed by atoms with van der Waals surface area (Å²) in [6.07, 6.45) is 16.0. The van der Waals surface area contributed by atoms with Crippen LogP contribution in [0.25, 0.3) is 0 Å². The SMILES string of the molecule is C#C.C1CCNC1.CCCCCc1ccccc1. The number of hydrogen-bond donors (Lipinski definition) is 1. The van der Waals surface area contributed by atoms with Crippen LogP contribution >= 0.6 is 0 Å². The fourth-order valence-electron chi connectivity index (χ4n) is 1.85. The highest BCUT2D eigenvalue weighted by atomic mass is 14.9. The lowest BCUT2D eigenvalue weighted by Crippen LogP contribution is -2.03. The number of unbranched alkanes of at least 4 members (excludes halogenated alkanes) is 2. The van der Waals surface area contributed by atoms with Gasteiger partial charge in [-0.25, -0.2) is 0 Å². The van der Waals surface area contributed by atoms with E-state index in [1.165, 1.54) is 57.2 Å². The van der Waals surface area contributed by atoms with Gasteiger partial charge in [0.2, 0.25) is 0 Å². The Morgan fingerprint density at radius 2 is 1.61 bits per heavy atom. The molecule has 2 rings (SSSR count). The fraction of sp³-hybridized carbons (Fsp3) is 0.529. The van der Waals surface area contributed by atoms with Crippen LogP contribution in [0.4, 0.5) is 0 Å². The molecule has 0 bridgehead atoms. The van der Waals surface area contributed by atoms with Gasteiger partial charge in [0.1, 0.15) is 0 Å². The molecule has 1 heteroatoms. The van der Waals surface area contributed by atoms with Gasteiger partial charge < -0.3 is 5.32 Å². The number of hydrogen-bond acceptors (Lipinski definition) is 1. The molecule has 1 aromatic rings. The number of terminal acetylenes is 1. The van der Waals surface area contributed by atoms with E-state index >= 15 is 0 Å². The third kappa shape index (κ3) is 9.93. The minimum Gasteiger partial charge on any atom is -0.317 e. The molecule has 1 N–H and O–H groups in total. The molecule has 18 heavy (non-hydrogen) atoms. The molecule has 1 heterocycles. The van der Waals surface area contributed by atoms with Gasteiger partial charge in [0, 0.05) is 0 Å². The molecule has 0 radical (unpaired) electrons. The van der Waals surface area contributed by atoms with Crippen molar-refractivity contribution in [2.75, 3.05) is 13.1 Å². The third-order valence-electron chi connectivity index (χ3n) is 2.87. The van der Waals surface area contributed by atoms with Crippen molar-refractivity contribution in [1.82, 2.24) is 5.32 Å². The smallest absolute Gasteiger partial charge is 0.00484 e. The maximum Gasteiger partial charge on any atom is -0.00484 e. The third-order valence-corrected chi connectivity index (χ3v) is 2.87. The van der Waals surface area contributed by atoms with Gasteiger partial charge in [0.25, 0.3) is 0 Å². The molecular weight excluding hydrogens is 218 g/mol. The lowest BCUT2D eigenvalue weighted by atomic mass is 10.1. The Balaban J connectivity index is 0.000000343. The minimum absolute atomic E-state index is 1.24. The second kappa shape index (κ2) is 13.8. The highest BCUT2D eigenvalue weighted by molar-refractivity contribution is 5.14. The van der Waals surface area contributed by atoms with E-state index in [2.05, 4.69) is 55.4 Å². The number of benzene rings is 1. The largest absolute Gasteiger partial charge is 0.317 e. The molecule has 1 aliphatic rings. The van der Waals surface area contributed by atoms with E-state index < -0.39 is 0 Å². The summed E-state index contributed by atoms with van der Waals surface area (Å²) in [5, 5.41) is 3.22. The van der Waals surface area contributed by atoms with Crippen molar-refractivity contribution in [2.24, 2.45) is 0 Å². The van der Waals surface area contributed by atoms with Crippen LogP contribution in [-0.2, 0) is 6.42 Å². The number of rotatable bonds is 4. The van der Waals surface area contributed by atoms with Gasteiger partial charge in [-0.15, -0.1) is 12.8 Å². The summed E-state index contributed by atoms with van der Waals surface area (Å²) in [4.78, 5) is 0. The van der Waals surface area contributed by atoms with Gasteiger partial charge in [-0.2, -0.15) is 0 Å². The average molecular weight is 245 g/mol. The highest BCUT2D eigenvalue weighted by Crippen LogP contribution is 2.05. The van der Waals surface area contributed by atoms with Crippen molar-refractivity contribution in [3.63, 3.8) is 0 Å². The summed E-state index contributed by atoms with van der Waals surface area (Å²) in [7, 11) is 0. The molecule has 0 unspecified atom stereocenters. The van der Waals surface area contributed by atoms with Crippen molar-refractivity contribution in [3.05, 3.63) is 35.9 Å². The highest BCUT2D eigenvalue weighted by Gasteiger charge is 1.93. The van der Waals surface area contributed by atoms with Crippen LogP contribution in [0.15, 0.2) is 30.3 Å². The first-order valence-corrected chi connectivity index (χ1v) is 7.01. The van der Waals surface area contributed by atoms with Crippen LogP contribution in [0.5, 0.6) is 0 Å². The van der Waals surface area contributed by atoms with Crippen LogP contribution in [0, 0.1) is 12.8 Å². The molecule has 0 aliphatic carbocycles. The molecule has 0 saturated carbocycles. The maximum atomic E-state index is 4.00. The van der Waals surface area contributed by atoms with Crippen molar-refractivity contribution in [3.8, 4) is 12.8 Å². The van der Waals surface area contributed by atoms with E-state index in [0.29, 0.717) is 0 Å². The predicted molar refractivity (Wildman–Crippen MR) is 81.7 cm³/mol.